The van der Waals surface area contributed by atoms with E-state index in [1.165, 1.54) is 0 Å². The Balaban J connectivity index is 2.37. The summed E-state index contributed by atoms with van der Waals surface area (Å²) in [5.74, 6) is 1.81. The number of hydrogen-bond acceptors (Lipinski definition) is 3. The molecule has 96 valence electrons. The zero-order valence-corrected chi connectivity index (χ0v) is 11.1. The summed E-state index contributed by atoms with van der Waals surface area (Å²) in [6.07, 6.45) is 2.55. The highest BCUT2D eigenvalue weighted by Crippen LogP contribution is 2.28. The van der Waals surface area contributed by atoms with Gasteiger partial charge in [-0.05, 0) is 36.2 Å². The van der Waals surface area contributed by atoms with E-state index in [0.29, 0.717) is 0 Å². The smallest absolute Gasteiger partial charge is 0.119 e. The van der Waals surface area contributed by atoms with Crippen LogP contribution < -0.4 is 10.5 Å². The molecule has 18 heavy (non-hydrogen) atoms. The van der Waals surface area contributed by atoms with Crippen LogP contribution in [0.4, 0.5) is 0 Å². The third kappa shape index (κ3) is 2.27. The predicted molar refractivity (Wildman–Crippen MR) is 71.8 cm³/mol. The van der Waals surface area contributed by atoms with Gasteiger partial charge in [-0.25, -0.2) is 0 Å². The summed E-state index contributed by atoms with van der Waals surface area (Å²) in [5, 5.41) is 0. The molecule has 1 aromatic carbocycles. The van der Waals surface area contributed by atoms with Crippen molar-refractivity contribution in [2.24, 2.45) is 5.73 Å². The van der Waals surface area contributed by atoms with Crippen LogP contribution in [0.5, 0.6) is 5.75 Å². The molecule has 0 spiro atoms. The zero-order valence-electron chi connectivity index (χ0n) is 11.1. The Labute approximate surface area is 108 Å². The summed E-state index contributed by atoms with van der Waals surface area (Å²) < 4.78 is 10.6. The van der Waals surface area contributed by atoms with Crippen molar-refractivity contribution in [3.8, 4) is 5.75 Å². The molecule has 0 saturated heterocycles. The average Bonchev–Trinajstić information content (AvgIpc) is 2.86. The van der Waals surface area contributed by atoms with Crippen molar-refractivity contribution in [3.05, 3.63) is 53.0 Å². The molecule has 2 rings (SSSR count). The van der Waals surface area contributed by atoms with Gasteiger partial charge < -0.3 is 14.9 Å². The van der Waals surface area contributed by atoms with E-state index in [1.54, 1.807) is 13.4 Å². The second-order valence-electron chi connectivity index (χ2n) is 4.35. The third-order valence-corrected chi connectivity index (χ3v) is 3.25. The fraction of sp³-hybridized carbons (Fsp3) is 0.333. The van der Waals surface area contributed by atoms with Crippen molar-refractivity contribution in [1.82, 2.24) is 0 Å². The van der Waals surface area contributed by atoms with E-state index in [-0.39, 0.29) is 6.04 Å². The summed E-state index contributed by atoms with van der Waals surface area (Å²) in [6, 6.07) is 7.76. The van der Waals surface area contributed by atoms with Crippen LogP contribution in [-0.4, -0.2) is 7.11 Å². The molecule has 3 heteroatoms. The number of hydrogen-bond donors (Lipinski definition) is 1. The highest BCUT2D eigenvalue weighted by atomic mass is 16.5. The SMILES string of the molecule is CCc1occc1C(N)c1ccc(OC)cc1C. The fourth-order valence-electron chi connectivity index (χ4n) is 2.21. The molecule has 0 fully saturated rings. The van der Waals surface area contributed by atoms with Crippen molar-refractivity contribution in [1.29, 1.82) is 0 Å². The number of ether oxygens (including phenoxy) is 1. The molecule has 1 aromatic heterocycles. The first-order chi connectivity index (χ1) is 8.67. The summed E-state index contributed by atoms with van der Waals surface area (Å²) >= 11 is 0. The Morgan fingerprint density at radius 1 is 1.28 bits per heavy atom. The molecule has 1 atom stereocenters. The van der Waals surface area contributed by atoms with E-state index >= 15 is 0 Å². The molecule has 0 radical (unpaired) electrons. The molecular formula is C15H19NO2. The number of aryl methyl sites for hydroxylation is 2. The molecule has 2 aromatic rings. The van der Waals surface area contributed by atoms with E-state index in [0.717, 1.165) is 34.6 Å². The lowest BCUT2D eigenvalue weighted by molar-refractivity contribution is 0.414. The van der Waals surface area contributed by atoms with Crippen molar-refractivity contribution in [2.75, 3.05) is 7.11 Å². The van der Waals surface area contributed by atoms with Crippen LogP contribution in [0.25, 0.3) is 0 Å². The van der Waals surface area contributed by atoms with E-state index < -0.39 is 0 Å². The summed E-state index contributed by atoms with van der Waals surface area (Å²) in [7, 11) is 1.67. The molecular weight excluding hydrogens is 226 g/mol. The Morgan fingerprint density at radius 3 is 2.67 bits per heavy atom. The highest BCUT2D eigenvalue weighted by molar-refractivity contribution is 5.41. The van der Waals surface area contributed by atoms with Gasteiger partial charge in [-0.2, -0.15) is 0 Å². The highest BCUT2D eigenvalue weighted by Gasteiger charge is 2.16. The van der Waals surface area contributed by atoms with Gasteiger partial charge in [-0.1, -0.05) is 13.0 Å². The molecule has 0 amide bonds. The molecule has 0 aliphatic heterocycles. The third-order valence-electron chi connectivity index (χ3n) is 3.25. The quantitative estimate of drug-likeness (QED) is 0.899. The molecule has 0 aliphatic carbocycles. The van der Waals surface area contributed by atoms with E-state index in [9.17, 15) is 0 Å². The second kappa shape index (κ2) is 5.27. The maximum absolute atomic E-state index is 6.33. The normalized spacial score (nSPS) is 12.4. The Kier molecular flexibility index (Phi) is 3.72. The van der Waals surface area contributed by atoms with Crippen molar-refractivity contribution < 1.29 is 9.15 Å². The van der Waals surface area contributed by atoms with Crippen LogP contribution in [0.15, 0.2) is 34.9 Å². The minimum atomic E-state index is -0.149. The number of nitrogens with two attached hydrogens (primary N) is 1. The first-order valence-electron chi connectivity index (χ1n) is 6.13. The number of methoxy groups -OCH3 is 1. The number of furan rings is 1. The van der Waals surface area contributed by atoms with Crippen LogP contribution in [0, 0.1) is 6.92 Å². The van der Waals surface area contributed by atoms with Crippen LogP contribution >= 0.6 is 0 Å². The van der Waals surface area contributed by atoms with Gasteiger partial charge in [0.15, 0.2) is 0 Å². The molecule has 1 heterocycles. The van der Waals surface area contributed by atoms with Gasteiger partial charge in [-0.15, -0.1) is 0 Å². The lowest BCUT2D eigenvalue weighted by atomic mass is 9.95. The van der Waals surface area contributed by atoms with Gasteiger partial charge in [0.05, 0.1) is 19.4 Å². The lowest BCUT2D eigenvalue weighted by Crippen LogP contribution is -2.14. The Bertz CT molecular complexity index is 531. The largest absolute Gasteiger partial charge is 0.497 e. The maximum atomic E-state index is 6.33. The predicted octanol–water partition coefficient (Wildman–Crippen LogP) is 3.21. The molecule has 3 nitrogen and oxygen atoms in total. The van der Waals surface area contributed by atoms with Crippen LogP contribution in [0.2, 0.25) is 0 Å². The molecule has 2 N–H and O–H groups in total. The van der Waals surface area contributed by atoms with Crippen LogP contribution in [-0.2, 0) is 6.42 Å². The zero-order chi connectivity index (χ0) is 13.1. The van der Waals surface area contributed by atoms with Crippen molar-refractivity contribution in [3.63, 3.8) is 0 Å². The van der Waals surface area contributed by atoms with Crippen LogP contribution in [0.3, 0.4) is 0 Å². The first kappa shape index (κ1) is 12.7. The molecule has 1 unspecified atom stereocenters. The van der Waals surface area contributed by atoms with Gasteiger partial charge in [0.1, 0.15) is 11.5 Å². The van der Waals surface area contributed by atoms with Gasteiger partial charge in [0.25, 0.3) is 0 Å². The minimum Gasteiger partial charge on any atom is -0.497 e. The minimum absolute atomic E-state index is 0.149. The number of benzene rings is 1. The summed E-state index contributed by atoms with van der Waals surface area (Å²) in [6.45, 7) is 4.11. The molecule has 0 saturated carbocycles. The number of rotatable bonds is 4. The van der Waals surface area contributed by atoms with Crippen molar-refractivity contribution in [2.45, 2.75) is 26.3 Å². The van der Waals surface area contributed by atoms with Gasteiger partial charge in [-0.3, -0.25) is 0 Å². The monoisotopic (exact) mass is 245 g/mol. The van der Waals surface area contributed by atoms with E-state index in [2.05, 4.69) is 6.92 Å². The van der Waals surface area contributed by atoms with Gasteiger partial charge in [0.2, 0.25) is 0 Å². The second-order valence-corrected chi connectivity index (χ2v) is 4.35. The molecule has 0 aliphatic rings. The average molecular weight is 245 g/mol. The van der Waals surface area contributed by atoms with Gasteiger partial charge >= 0.3 is 0 Å². The topological polar surface area (TPSA) is 48.4 Å². The van der Waals surface area contributed by atoms with Gasteiger partial charge in [0, 0.05) is 12.0 Å². The first-order valence-corrected chi connectivity index (χ1v) is 6.13. The maximum Gasteiger partial charge on any atom is 0.119 e. The summed E-state index contributed by atoms with van der Waals surface area (Å²) in [5.41, 5.74) is 9.62. The van der Waals surface area contributed by atoms with Crippen molar-refractivity contribution >= 4 is 0 Å². The van der Waals surface area contributed by atoms with Crippen LogP contribution in [0.1, 0.15) is 35.4 Å². The lowest BCUT2D eigenvalue weighted by Gasteiger charge is -2.15. The Hall–Kier alpha value is -1.74. The van der Waals surface area contributed by atoms with E-state index in [4.69, 9.17) is 14.9 Å². The molecule has 0 bridgehead atoms. The van der Waals surface area contributed by atoms with E-state index in [1.807, 2.05) is 31.2 Å². The Morgan fingerprint density at radius 2 is 2.06 bits per heavy atom. The fourth-order valence-corrected chi connectivity index (χ4v) is 2.21. The summed E-state index contributed by atoms with van der Waals surface area (Å²) in [4.78, 5) is 0. The standard InChI is InChI=1S/C15H19NO2/c1-4-14-13(7-8-18-14)15(16)12-6-5-11(17-3)9-10(12)2/h5-9,15H,4,16H2,1-3H3.